The van der Waals surface area contributed by atoms with Crippen molar-refractivity contribution in [3.63, 3.8) is 0 Å². The van der Waals surface area contributed by atoms with Crippen LogP contribution in [0.2, 0.25) is 5.02 Å². The zero-order valence-corrected chi connectivity index (χ0v) is 20.0. The Hall–Kier alpha value is -2.61. The van der Waals surface area contributed by atoms with Gasteiger partial charge in [-0.3, -0.25) is 0 Å². The maximum Gasteiger partial charge on any atom is 0.495 e. The smallest absolute Gasteiger partial charge is 0.399 e. The average molecular weight is 486 g/mol. The Bertz CT molecular complexity index is 1150. The highest BCUT2D eigenvalue weighted by Crippen LogP contribution is 2.41. The Kier molecular flexibility index (Phi) is 6.40. The van der Waals surface area contributed by atoms with E-state index in [1.807, 2.05) is 60.7 Å². The Morgan fingerprint density at radius 1 is 0.824 bits per heavy atom. The molecule has 1 aliphatic rings. The van der Waals surface area contributed by atoms with Crippen LogP contribution < -0.4 is 5.46 Å². The molecule has 1 fully saturated rings. The molecule has 0 unspecified atom stereocenters. The molecule has 0 amide bonds. The summed E-state index contributed by atoms with van der Waals surface area (Å²) in [5.74, 6) is 0. The van der Waals surface area contributed by atoms with Gasteiger partial charge in [-0.05, 0) is 45.3 Å². The zero-order chi connectivity index (χ0) is 24.7. The second-order valence-electron chi connectivity index (χ2n) is 9.17. The van der Waals surface area contributed by atoms with Crippen LogP contribution in [-0.4, -0.2) is 24.0 Å². The lowest BCUT2D eigenvalue weighted by molar-refractivity contribution is -0.136. The first-order chi connectivity index (χ1) is 15.9. The van der Waals surface area contributed by atoms with Gasteiger partial charge < -0.3 is 9.31 Å². The predicted molar refractivity (Wildman–Crippen MR) is 130 cm³/mol. The molecule has 1 saturated heterocycles. The molecule has 0 atom stereocenters. The van der Waals surface area contributed by atoms with E-state index in [1.54, 1.807) is 27.7 Å². The van der Waals surface area contributed by atoms with E-state index >= 15 is 0 Å². The molecule has 0 radical (unpaired) electrons. The molecule has 0 saturated carbocycles. The summed E-state index contributed by atoms with van der Waals surface area (Å²) in [6.07, 6.45) is -4.69. The van der Waals surface area contributed by atoms with Crippen molar-refractivity contribution >= 4 is 35.6 Å². The van der Waals surface area contributed by atoms with Crippen molar-refractivity contribution in [1.29, 1.82) is 0 Å². The summed E-state index contributed by atoms with van der Waals surface area (Å²) in [6.45, 7) is 7.14. The molecule has 4 rings (SSSR count). The molecule has 0 aromatic heterocycles. The van der Waals surface area contributed by atoms with Gasteiger partial charge in [0.15, 0.2) is 0 Å². The zero-order valence-electron chi connectivity index (χ0n) is 19.3. The first-order valence-corrected chi connectivity index (χ1v) is 11.2. The van der Waals surface area contributed by atoms with Crippen LogP contribution in [-0.2, 0) is 15.5 Å². The molecule has 3 nitrogen and oxygen atoms in total. The highest BCUT2D eigenvalue weighted by atomic mass is 35.5. The molecule has 8 heteroatoms. The van der Waals surface area contributed by atoms with Gasteiger partial charge in [0, 0.05) is 11.1 Å². The summed E-state index contributed by atoms with van der Waals surface area (Å²) in [6, 6.07) is 21.4. The lowest BCUT2D eigenvalue weighted by Gasteiger charge is -2.32. The normalized spacial score (nSPS) is 17.0. The molecule has 34 heavy (non-hydrogen) atoms. The fourth-order valence-corrected chi connectivity index (χ4v) is 4.08. The van der Waals surface area contributed by atoms with Crippen molar-refractivity contribution in [2.24, 2.45) is 4.99 Å². The second kappa shape index (κ2) is 8.88. The van der Waals surface area contributed by atoms with Crippen molar-refractivity contribution in [1.82, 2.24) is 0 Å². The average Bonchev–Trinajstić information content (AvgIpc) is 2.99. The highest BCUT2D eigenvalue weighted by molar-refractivity contribution is 6.63. The Morgan fingerprint density at radius 2 is 1.29 bits per heavy atom. The molecule has 3 aromatic carbocycles. The molecule has 1 heterocycles. The summed E-state index contributed by atoms with van der Waals surface area (Å²) in [4.78, 5) is 4.74. The Balaban J connectivity index is 1.90. The van der Waals surface area contributed by atoms with E-state index in [0.29, 0.717) is 5.71 Å². The van der Waals surface area contributed by atoms with Crippen LogP contribution in [0.25, 0.3) is 0 Å². The molecular formula is C26H24BClF3NO2. The summed E-state index contributed by atoms with van der Waals surface area (Å²) < 4.78 is 54.0. The highest BCUT2D eigenvalue weighted by Gasteiger charge is 2.54. The maximum absolute atomic E-state index is 14.0. The maximum atomic E-state index is 14.0. The van der Waals surface area contributed by atoms with Crippen molar-refractivity contribution in [2.45, 2.75) is 45.1 Å². The third kappa shape index (κ3) is 4.78. The summed E-state index contributed by atoms with van der Waals surface area (Å²) in [5.41, 5.74) is -0.284. The molecule has 3 aromatic rings. The van der Waals surface area contributed by atoms with E-state index in [9.17, 15) is 13.2 Å². The molecular weight excluding hydrogens is 462 g/mol. The van der Waals surface area contributed by atoms with Gasteiger partial charge in [-0.2, -0.15) is 13.2 Å². The van der Waals surface area contributed by atoms with Crippen molar-refractivity contribution in [2.75, 3.05) is 0 Å². The lowest BCUT2D eigenvalue weighted by Crippen LogP contribution is -2.41. The van der Waals surface area contributed by atoms with Crippen molar-refractivity contribution in [3.8, 4) is 0 Å². The molecule has 0 aliphatic carbocycles. The standard InChI is InChI=1S/C26H24BClF3NO2/c1-24(2)25(3,4)34-27(33-24)20-15-19(16-21(28)22(20)26(29,30)31)32-23(17-11-7-5-8-12-17)18-13-9-6-10-14-18/h5-16H,1-4H3. The fourth-order valence-electron chi connectivity index (χ4n) is 3.75. The topological polar surface area (TPSA) is 30.8 Å². The minimum Gasteiger partial charge on any atom is -0.399 e. The van der Waals surface area contributed by atoms with Gasteiger partial charge in [-0.15, -0.1) is 0 Å². The summed E-state index contributed by atoms with van der Waals surface area (Å²) in [7, 11) is -1.24. The third-order valence-corrected chi connectivity index (χ3v) is 6.53. The van der Waals surface area contributed by atoms with E-state index in [2.05, 4.69) is 0 Å². The molecule has 0 spiro atoms. The third-order valence-electron chi connectivity index (χ3n) is 6.23. The number of hydrogen-bond acceptors (Lipinski definition) is 3. The monoisotopic (exact) mass is 485 g/mol. The molecule has 0 bridgehead atoms. The van der Waals surface area contributed by atoms with E-state index < -0.39 is 35.1 Å². The molecule has 0 N–H and O–H groups in total. The Morgan fingerprint density at radius 3 is 1.74 bits per heavy atom. The first-order valence-electron chi connectivity index (χ1n) is 10.8. The Labute approximate surface area is 202 Å². The lowest BCUT2D eigenvalue weighted by atomic mass is 9.75. The van der Waals surface area contributed by atoms with Crippen LogP contribution in [0, 0.1) is 0 Å². The number of nitrogens with zero attached hydrogens (tertiary/aromatic N) is 1. The largest absolute Gasteiger partial charge is 0.495 e. The van der Waals surface area contributed by atoms with Gasteiger partial charge >= 0.3 is 13.3 Å². The fraction of sp³-hybridized carbons (Fsp3) is 0.269. The number of hydrogen-bond donors (Lipinski definition) is 0. The summed E-state index contributed by atoms with van der Waals surface area (Å²) in [5, 5.41) is -0.459. The van der Waals surface area contributed by atoms with Crippen LogP contribution in [0.4, 0.5) is 18.9 Å². The van der Waals surface area contributed by atoms with Crippen LogP contribution in [0.1, 0.15) is 44.4 Å². The quantitative estimate of drug-likeness (QED) is 0.300. The number of aliphatic imine (C=N–C) groups is 1. The first kappa shape index (κ1) is 24.5. The number of benzene rings is 3. The van der Waals surface area contributed by atoms with Crippen LogP contribution in [0.5, 0.6) is 0 Å². The predicted octanol–water partition coefficient (Wildman–Crippen LogP) is 6.83. The van der Waals surface area contributed by atoms with Crippen LogP contribution in [0.3, 0.4) is 0 Å². The minimum atomic E-state index is -4.69. The van der Waals surface area contributed by atoms with E-state index in [1.165, 1.54) is 12.1 Å². The van der Waals surface area contributed by atoms with E-state index in [0.717, 1.165) is 11.1 Å². The SMILES string of the molecule is CC1(C)OB(c2cc(N=C(c3ccccc3)c3ccccc3)cc(Cl)c2C(F)(F)F)OC1(C)C. The van der Waals surface area contributed by atoms with Crippen LogP contribution >= 0.6 is 11.6 Å². The van der Waals surface area contributed by atoms with Crippen molar-refractivity contribution < 1.29 is 22.5 Å². The van der Waals surface area contributed by atoms with Gasteiger partial charge in [0.25, 0.3) is 0 Å². The van der Waals surface area contributed by atoms with Gasteiger partial charge in [0.05, 0.1) is 33.2 Å². The molecule has 1 aliphatic heterocycles. The second-order valence-corrected chi connectivity index (χ2v) is 9.58. The number of alkyl halides is 3. The van der Waals surface area contributed by atoms with E-state index in [4.69, 9.17) is 25.9 Å². The summed E-state index contributed by atoms with van der Waals surface area (Å²) >= 11 is 6.21. The molecule has 176 valence electrons. The van der Waals surface area contributed by atoms with Crippen molar-refractivity contribution in [3.05, 3.63) is 94.5 Å². The number of rotatable bonds is 4. The van der Waals surface area contributed by atoms with Crippen LogP contribution in [0.15, 0.2) is 77.8 Å². The van der Waals surface area contributed by atoms with Gasteiger partial charge in [0.1, 0.15) is 0 Å². The van der Waals surface area contributed by atoms with Gasteiger partial charge in [-0.1, -0.05) is 72.3 Å². The number of halogens is 4. The van der Waals surface area contributed by atoms with E-state index in [-0.39, 0.29) is 11.2 Å². The van der Waals surface area contributed by atoms with Gasteiger partial charge in [0.2, 0.25) is 0 Å². The van der Waals surface area contributed by atoms with Gasteiger partial charge in [-0.25, -0.2) is 4.99 Å². The minimum absolute atomic E-state index is 0.196.